The number of aromatic nitrogens is 2. The van der Waals surface area contributed by atoms with Gasteiger partial charge in [-0.2, -0.15) is 0 Å². The van der Waals surface area contributed by atoms with E-state index in [9.17, 15) is 8.78 Å². The Morgan fingerprint density at radius 1 is 1.15 bits per heavy atom. The van der Waals surface area contributed by atoms with E-state index >= 15 is 0 Å². The summed E-state index contributed by atoms with van der Waals surface area (Å²) in [5, 5.41) is 0.566. The first-order valence-corrected chi connectivity index (χ1v) is 6.21. The van der Waals surface area contributed by atoms with Gasteiger partial charge in [-0.1, -0.05) is 17.7 Å². The number of rotatable bonds is 3. The molecule has 0 atom stereocenters. The molecule has 3 aromatic rings. The Kier molecular flexibility index (Phi) is 3.28. The molecule has 0 spiro atoms. The van der Waals surface area contributed by atoms with Gasteiger partial charge in [-0.05, 0) is 18.2 Å². The number of fused-ring (bicyclic) bond motifs is 1. The van der Waals surface area contributed by atoms with Gasteiger partial charge in [-0.3, -0.25) is 0 Å². The van der Waals surface area contributed by atoms with Crippen LogP contribution >= 0.6 is 11.6 Å². The molecular weight excluding hydrogens is 286 g/mol. The molecule has 3 nitrogen and oxygen atoms in total. The Bertz CT molecular complexity index is 734. The summed E-state index contributed by atoms with van der Waals surface area (Å²) in [6.07, 6.45) is 0. The number of benzene rings is 2. The summed E-state index contributed by atoms with van der Waals surface area (Å²) in [4.78, 5) is 7.00. The van der Waals surface area contributed by atoms with Gasteiger partial charge in [0.05, 0.1) is 11.0 Å². The summed E-state index contributed by atoms with van der Waals surface area (Å²) >= 11 is 5.84. The van der Waals surface area contributed by atoms with E-state index in [2.05, 4.69) is 9.97 Å². The van der Waals surface area contributed by atoms with Crippen LogP contribution in [0.4, 0.5) is 8.78 Å². The summed E-state index contributed by atoms with van der Waals surface area (Å²) in [6.45, 7) is 0.151. The van der Waals surface area contributed by atoms with Crippen LogP contribution in [-0.2, 0) is 6.61 Å². The third-order valence-electron chi connectivity index (χ3n) is 2.74. The van der Waals surface area contributed by atoms with Crippen LogP contribution in [-0.4, -0.2) is 9.97 Å². The average Bonchev–Trinajstić information content (AvgIpc) is 2.79. The average molecular weight is 295 g/mol. The number of hydrogen-bond acceptors (Lipinski definition) is 2. The lowest BCUT2D eigenvalue weighted by Gasteiger charge is -2.03. The van der Waals surface area contributed by atoms with Crippen LogP contribution in [0.2, 0.25) is 5.02 Å². The first-order valence-electron chi connectivity index (χ1n) is 5.84. The topological polar surface area (TPSA) is 37.9 Å². The van der Waals surface area contributed by atoms with Gasteiger partial charge < -0.3 is 9.72 Å². The highest BCUT2D eigenvalue weighted by Gasteiger charge is 2.09. The fourth-order valence-corrected chi connectivity index (χ4v) is 2.01. The van der Waals surface area contributed by atoms with E-state index in [0.717, 1.165) is 12.1 Å². The SMILES string of the molecule is Fc1cc2nc(COc3cccc(Cl)c3)[nH]c2cc1F. The fraction of sp³-hybridized carbons (Fsp3) is 0.0714. The highest BCUT2D eigenvalue weighted by Crippen LogP contribution is 2.20. The number of halogens is 3. The largest absolute Gasteiger partial charge is 0.486 e. The van der Waals surface area contributed by atoms with Crippen LogP contribution in [0.3, 0.4) is 0 Å². The molecule has 1 heterocycles. The molecule has 0 aliphatic carbocycles. The zero-order valence-electron chi connectivity index (χ0n) is 10.2. The minimum Gasteiger partial charge on any atom is -0.486 e. The monoisotopic (exact) mass is 294 g/mol. The van der Waals surface area contributed by atoms with Crippen molar-refractivity contribution in [2.45, 2.75) is 6.61 Å². The lowest BCUT2D eigenvalue weighted by Crippen LogP contribution is -1.97. The number of aromatic amines is 1. The Hall–Kier alpha value is -2.14. The number of nitrogens with zero attached hydrogens (tertiary/aromatic N) is 1. The Balaban J connectivity index is 1.81. The predicted octanol–water partition coefficient (Wildman–Crippen LogP) is 4.07. The summed E-state index contributed by atoms with van der Waals surface area (Å²) in [5.41, 5.74) is 0.780. The smallest absolute Gasteiger partial charge is 0.161 e. The van der Waals surface area contributed by atoms with Gasteiger partial charge >= 0.3 is 0 Å². The maximum absolute atomic E-state index is 13.1. The van der Waals surface area contributed by atoms with Gasteiger partial charge in [-0.25, -0.2) is 13.8 Å². The molecule has 0 radical (unpaired) electrons. The molecule has 0 amide bonds. The maximum atomic E-state index is 13.1. The first kappa shape index (κ1) is 12.9. The van der Waals surface area contributed by atoms with Crippen molar-refractivity contribution < 1.29 is 13.5 Å². The van der Waals surface area contributed by atoms with Gasteiger partial charge in [-0.15, -0.1) is 0 Å². The molecule has 0 saturated heterocycles. The van der Waals surface area contributed by atoms with E-state index < -0.39 is 11.6 Å². The third kappa shape index (κ3) is 2.58. The van der Waals surface area contributed by atoms with E-state index in [-0.39, 0.29) is 6.61 Å². The van der Waals surface area contributed by atoms with Crippen LogP contribution in [0.15, 0.2) is 36.4 Å². The number of imidazole rings is 1. The van der Waals surface area contributed by atoms with Crippen molar-refractivity contribution >= 4 is 22.6 Å². The van der Waals surface area contributed by atoms with Crippen molar-refractivity contribution in [1.29, 1.82) is 0 Å². The zero-order valence-corrected chi connectivity index (χ0v) is 10.9. The second-order valence-corrected chi connectivity index (χ2v) is 4.65. The normalized spacial score (nSPS) is 10.9. The lowest BCUT2D eigenvalue weighted by molar-refractivity contribution is 0.297. The molecular formula is C14H9ClF2N2O. The molecule has 102 valence electrons. The van der Waals surface area contributed by atoms with Crippen molar-refractivity contribution in [3.63, 3.8) is 0 Å². The summed E-state index contributed by atoms with van der Waals surface area (Å²) in [7, 11) is 0. The second-order valence-electron chi connectivity index (χ2n) is 4.21. The van der Waals surface area contributed by atoms with Gasteiger partial charge in [0.15, 0.2) is 11.6 Å². The van der Waals surface area contributed by atoms with Crippen molar-refractivity contribution in [1.82, 2.24) is 9.97 Å². The molecule has 20 heavy (non-hydrogen) atoms. The Morgan fingerprint density at radius 2 is 1.95 bits per heavy atom. The number of nitrogens with one attached hydrogen (secondary N) is 1. The van der Waals surface area contributed by atoms with Crippen molar-refractivity contribution in [2.24, 2.45) is 0 Å². The number of hydrogen-bond donors (Lipinski definition) is 1. The third-order valence-corrected chi connectivity index (χ3v) is 2.98. The van der Waals surface area contributed by atoms with Gasteiger partial charge in [0, 0.05) is 17.2 Å². The van der Waals surface area contributed by atoms with Crippen molar-refractivity contribution in [3.8, 4) is 5.75 Å². The molecule has 0 aliphatic heterocycles. The number of H-pyrrole nitrogens is 1. The quantitative estimate of drug-likeness (QED) is 0.790. The lowest BCUT2D eigenvalue weighted by atomic mass is 10.3. The number of ether oxygens (including phenoxy) is 1. The minimum absolute atomic E-state index is 0.151. The zero-order chi connectivity index (χ0) is 14.1. The Labute approximate surface area is 118 Å². The molecule has 0 aliphatic rings. The van der Waals surface area contributed by atoms with Crippen LogP contribution in [0.1, 0.15) is 5.82 Å². The minimum atomic E-state index is -0.925. The molecule has 0 fully saturated rings. The molecule has 3 rings (SSSR count). The summed E-state index contributed by atoms with van der Waals surface area (Å²) in [5.74, 6) is -0.768. The predicted molar refractivity (Wildman–Crippen MR) is 71.8 cm³/mol. The maximum Gasteiger partial charge on any atom is 0.161 e. The molecule has 0 bridgehead atoms. The van der Waals surface area contributed by atoms with Gasteiger partial charge in [0.25, 0.3) is 0 Å². The van der Waals surface area contributed by atoms with E-state index in [1.807, 2.05) is 0 Å². The van der Waals surface area contributed by atoms with E-state index in [1.165, 1.54) is 0 Å². The Morgan fingerprint density at radius 3 is 2.75 bits per heavy atom. The standard InChI is InChI=1S/C14H9ClF2N2O/c15-8-2-1-3-9(4-8)20-7-14-18-12-5-10(16)11(17)6-13(12)19-14/h1-6H,7H2,(H,18,19). The van der Waals surface area contributed by atoms with E-state index in [1.54, 1.807) is 24.3 Å². The molecule has 1 aromatic heterocycles. The second kappa shape index (κ2) is 5.09. The van der Waals surface area contributed by atoms with Crippen LogP contribution in [0.5, 0.6) is 5.75 Å². The van der Waals surface area contributed by atoms with Crippen molar-refractivity contribution in [2.75, 3.05) is 0 Å². The van der Waals surface area contributed by atoms with Gasteiger partial charge in [0.1, 0.15) is 18.2 Å². The molecule has 1 N–H and O–H groups in total. The van der Waals surface area contributed by atoms with Crippen LogP contribution in [0, 0.1) is 11.6 Å². The fourth-order valence-electron chi connectivity index (χ4n) is 1.83. The summed E-state index contributed by atoms with van der Waals surface area (Å²) < 4.78 is 31.7. The first-order chi connectivity index (χ1) is 9.61. The highest BCUT2D eigenvalue weighted by atomic mass is 35.5. The van der Waals surface area contributed by atoms with Gasteiger partial charge in [0.2, 0.25) is 0 Å². The molecule has 6 heteroatoms. The summed E-state index contributed by atoms with van der Waals surface area (Å²) in [6, 6.07) is 9.05. The van der Waals surface area contributed by atoms with E-state index in [0.29, 0.717) is 27.6 Å². The van der Waals surface area contributed by atoms with Crippen LogP contribution in [0.25, 0.3) is 11.0 Å². The molecule has 0 saturated carbocycles. The van der Waals surface area contributed by atoms with E-state index in [4.69, 9.17) is 16.3 Å². The van der Waals surface area contributed by atoms with Crippen molar-refractivity contribution in [3.05, 3.63) is 58.9 Å². The molecule has 0 unspecified atom stereocenters. The molecule has 2 aromatic carbocycles. The highest BCUT2D eigenvalue weighted by molar-refractivity contribution is 6.30. The van der Waals surface area contributed by atoms with Crippen LogP contribution < -0.4 is 4.74 Å².